The van der Waals surface area contributed by atoms with Crippen LogP contribution in [0.15, 0.2) is 60.7 Å². The van der Waals surface area contributed by atoms with Gasteiger partial charge in [-0.2, -0.15) is 0 Å². The molecule has 1 fully saturated rings. The summed E-state index contributed by atoms with van der Waals surface area (Å²) in [6.45, 7) is 1.80. The molecule has 1 aliphatic carbocycles. The normalized spacial score (nSPS) is 14.5. The molecule has 0 spiro atoms. The molecule has 0 radical (unpaired) electrons. The van der Waals surface area contributed by atoms with Gasteiger partial charge in [0.15, 0.2) is 0 Å². The van der Waals surface area contributed by atoms with Crippen LogP contribution < -0.4 is 10.6 Å². The molecule has 1 saturated carbocycles. The SMILES string of the molecule is C[C@@H](NC(=O)c1cc2ccccc2cc1NC(=O)C1CC1)c1cccc(F)c1. The minimum Gasteiger partial charge on any atom is -0.345 e. The zero-order chi connectivity index (χ0) is 19.7. The van der Waals surface area contributed by atoms with Gasteiger partial charge in [-0.25, -0.2) is 4.39 Å². The molecule has 0 unspecified atom stereocenters. The molecular weight excluding hydrogens is 355 g/mol. The van der Waals surface area contributed by atoms with Crippen LogP contribution in [0.4, 0.5) is 10.1 Å². The van der Waals surface area contributed by atoms with Crippen LogP contribution in [0, 0.1) is 11.7 Å². The maximum Gasteiger partial charge on any atom is 0.253 e. The summed E-state index contributed by atoms with van der Waals surface area (Å²) in [6.07, 6.45) is 1.77. The van der Waals surface area contributed by atoms with Crippen LogP contribution in [0.25, 0.3) is 10.8 Å². The summed E-state index contributed by atoms with van der Waals surface area (Å²) in [7, 11) is 0. The first-order chi connectivity index (χ1) is 13.5. The molecule has 5 heteroatoms. The molecule has 0 saturated heterocycles. The van der Waals surface area contributed by atoms with Crippen molar-refractivity contribution >= 4 is 28.3 Å². The molecular formula is C23H21FN2O2. The summed E-state index contributed by atoms with van der Waals surface area (Å²) < 4.78 is 13.5. The monoisotopic (exact) mass is 376 g/mol. The molecule has 2 amide bonds. The number of fused-ring (bicyclic) bond motifs is 1. The summed E-state index contributed by atoms with van der Waals surface area (Å²) in [6, 6.07) is 17.1. The number of benzene rings is 3. The van der Waals surface area contributed by atoms with Crippen molar-refractivity contribution in [2.24, 2.45) is 5.92 Å². The van der Waals surface area contributed by atoms with Gasteiger partial charge < -0.3 is 10.6 Å². The summed E-state index contributed by atoms with van der Waals surface area (Å²) in [4.78, 5) is 25.3. The molecule has 1 aliphatic rings. The number of anilines is 1. The van der Waals surface area contributed by atoms with E-state index in [9.17, 15) is 14.0 Å². The van der Waals surface area contributed by atoms with Crippen LogP contribution in [0.1, 0.15) is 41.7 Å². The average molecular weight is 376 g/mol. The van der Waals surface area contributed by atoms with Crippen LogP contribution in [-0.4, -0.2) is 11.8 Å². The smallest absolute Gasteiger partial charge is 0.253 e. The molecule has 4 rings (SSSR count). The number of hydrogen-bond donors (Lipinski definition) is 2. The fraction of sp³-hybridized carbons (Fsp3) is 0.217. The lowest BCUT2D eigenvalue weighted by Gasteiger charge is -2.17. The molecule has 142 valence electrons. The van der Waals surface area contributed by atoms with Gasteiger partial charge >= 0.3 is 0 Å². The maximum absolute atomic E-state index is 13.5. The fourth-order valence-electron chi connectivity index (χ4n) is 3.25. The Morgan fingerprint density at radius 1 is 1.00 bits per heavy atom. The van der Waals surface area contributed by atoms with E-state index < -0.39 is 0 Å². The number of hydrogen-bond acceptors (Lipinski definition) is 2. The fourth-order valence-corrected chi connectivity index (χ4v) is 3.25. The van der Waals surface area contributed by atoms with Crippen molar-refractivity contribution < 1.29 is 14.0 Å². The quantitative estimate of drug-likeness (QED) is 0.671. The van der Waals surface area contributed by atoms with Crippen LogP contribution in [0.3, 0.4) is 0 Å². The van der Waals surface area contributed by atoms with E-state index in [2.05, 4.69) is 10.6 Å². The largest absolute Gasteiger partial charge is 0.345 e. The van der Waals surface area contributed by atoms with Crippen molar-refractivity contribution in [3.8, 4) is 0 Å². The van der Waals surface area contributed by atoms with Gasteiger partial charge in [-0.1, -0.05) is 36.4 Å². The number of carbonyl (C=O) groups is 2. The summed E-state index contributed by atoms with van der Waals surface area (Å²) in [5.74, 6) is -0.675. The zero-order valence-corrected chi connectivity index (χ0v) is 15.5. The second kappa shape index (κ2) is 7.43. The number of carbonyl (C=O) groups excluding carboxylic acids is 2. The lowest BCUT2D eigenvalue weighted by atomic mass is 10.0. The van der Waals surface area contributed by atoms with Gasteiger partial charge in [0, 0.05) is 5.92 Å². The maximum atomic E-state index is 13.5. The molecule has 0 heterocycles. The van der Waals surface area contributed by atoms with E-state index in [1.54, 1.807) is 25.1 Å². The Hall–Kier alpha value is -3.21. The van der Waals surface area contributed by atoms with Gasteiger partial charge in [0.1, 0.15) is 5.82 Å². The highest BCUT2D eigenvalue weighted by Crippen LogP contribution is 2.32. The Balaban J connectivity index is 1.64. The number of halogens is 1. The Morgan fingerprint density at radius 3 is 2.39 bits per heavy atom. The Bertz CT molecular complexity index is 1060. The summed E-state index contributed by atoms with van der Waals surface area (Å²) in [5, 5.41) is 7.67. The van der Waals surface area contributed by atoms with E-state index in [0.717, 1.165) is 23.6 Å². The third-order valence-corrected chi connectivity index (χ3v) is 5.03. The Labute approximate surface area is 162 Å². The molecule has 3 aromatic carbocycles. The van der Waals surface area contributed by atoms with Gasteiger partial charge in [0.05, 0.1) is 17.3 Å². The molecule has 28 heavy (non-hydrogen) atoms. The predicted octanol–water partition coefficient (Wildman–Crippen LogP) is 4.82. The lowest BCUT2D eigenvalue weighted by molar-refractivity contribution is -0.117. The van der Waals surface area contributed by atoms with E-state index in [0.29, 0.717) is 16.8 Å². The second-order valence-electron chi connectivity index (χ2n) is 7.26. The Morgan fingerprint density at radius 2 is 1.71 bits per heavy atom. The van der Waals surface area contributed by atoms with E-state index in [1.165, 1.54) is 12.1 Å². The van der Waals surface area contributed by atoms with Gasteiger partial charge in [-0.05, 0) is 60.4 Å². The van der Waals surface area contributed by atoms with E-state index in [4.69, 9.17) is 0 Å². The van der Waals surface area contributed by atoms with Crippen molar-refractivity contribution in [2.45, 2.75) is 25.8 Å². The van der Waals surface area contributed by atoms with Crippen LogP contribution in [-0.2, 0) is 4.79 Å². The molecule has 3 aromatic rings. The highest BCUT2D eigenvalue weighted by Gasteiger charge is 2.30. The topological polar surface area (TPSA) is 58.2 Å². The van der Waals surface area contributed by atoms with Crippen LogP contribution in [0.5, 0.6) is 0 Å². The van der Waals surface area contributed by atoms with Crippen LogP contribution >= 0.6 is 0 Å². The van der Waals surface area contributed by atoms with Gasteiger partial charge in [0.2, 0.25) is 5.91 Å². The first-order valence-electron chi connectivity index (χ1n) is 9.41. The van der Waals surface area contributed by atoms with Gasteiger partial charge in [-0.15, -0.1) is 0 Å². The minimum absolute atomic E-state index is 0.0357. The highest BCUT2D eigenvalue weighted by atomic mass is 19.1. The standard InChI is InChI=1S/C23H21FN2O2/c1-14(16-7-4-8-19(24)11-16)25-23(28)20-12-17-5-2-3-6-18(17)13-21(20)26-22(27)15-9-10-15/h2-8,11-15H,9-10H2,1H3,(H,25,28)(H,26,27)/t14-/m1/s1. The van der Waals surface area contributed by atoms with Crippen molar-refractivity contribution in [1.29, 1.82) is 0 Å². The van der Waals surface area contributed by atoms with Crippen molar-refractivity contribution in [3.63, 3.8) is 0 Å². The number of nitrogens with one attached hydrogen (secondary N) is 2. The molecule has 2 N–H and O–H groups in total. The van der Waals surface area contributed by atoms with E-state index in [-0.39, 0.29) is 29.6 Å². The first kappa shape index (κ1) is 18.2. The van der Waals surface area contributed by atoms with E-state index >= 15 is 0 Å². The third kappa shape index (κ3) is 3.88. The van der Waals surface area contributed by atoms with Crippen molar-refractivity contribution in [2.75, 3.05) is 5.32 Å². The lowest BCUT2D eigenvalue weighted by Crippen LogP contribution is -2.28. The second-order valence-corrected chi connectivity index (χ2v) is 7.26. The van der Waals surface area contributed by atoms with E-state index in [1.807, 2.05) is 30.3 Å². The molecule has 0 bridgehead atoms. The molecule has 0 aromatic heterocycles. The zero-order valence-electron chi connectivity index (χ0n) is 15.5. The third-order valence-electron chi connectivity index (χ3n) is 5.03. The van der Waals surface area contributed by atoms with Crippen molar-refractivity contribution in [3.05, 3.63) is 77.6 Å². The molecule has 1 atom stereocenters. The Kier molecular flexibility index (Phi) is 4.82. The van der Waals surface area contributed by atoms with Crippen molar-refractivity contribution in [1.82, 2.24) is 5.32 Å². The summed E-state index contributed by atoms with van der Waals surface area (Å²) in [5.41, 5.74) is 1.58. The predicted molar refractivity (Wildman–Crippen MR) is 108 cm³/mol. The highest BCUT2D eigenvalue weighted by molar-refractivity contribution is 6.08. The van der Waals surface area contributed by atoms with Gasteiger partial charge in [-0.3, -0.25) is 9.59 Å². The average Bonchev–Trinajstić information content (AvgIpc) is 3.52. The number of rotatable bonds is 5. The molecule has 0 aliphatic heterocycles. The minimum atomic E-state index is -0.373. The summed E-state index contributed by atoms with van der Waals surface area (Å²) >= 11 is 0. The first-order valence-corrected chi connectivity index (χ1v) is 9.41. The van der Waals surface area contributed by atoms with Gasteiger partial charge in [0.25, 0.3) is 5.91 Å². The number of amides is 2. The van der Waals surface area contributed by atoms with Crippen LogP contribution in [0.2, 0.25) is 0 Å². The molecule has 4 nitrogen and oxygen atoms in total.